The highest BCUT2D eigenvalue weighted by molar-refractivity contribution is 6.21. The predicted octanol–water partition coefficient (Wildman–Crippen LogP) is 6.52. The number of ether oxygens (including phenoxy) is 1. The van der Waals surface area contributed by atoms with Gasteiger partial charge in [-0.1, -0.05) is 63.3 Å². The topological polar surface area (TPSA) is 46.5 Å². The van der Waals surface area contributed by atoms with Crippen molar-refractivity contribution in [2.45, 2.75) is 95.0 Å². The van der Waals surface area contributed by atoms with Crippen molar-refractivity contribution in [3.05, 3.63) is 35.4 Å². The van der Waals surface area contributed by atoms with E-state index in [2.05, 4.69) is 35.9 Å². The first kappa shape index (κ1) is 23.2. The number of carbonyl (C=O) groups excluding carboxylic acids is 1. The lowest BCUT2D eigenvalue weighted by Crippen LogP contribution is -2.14. The number of carbonyl (C=O) groups is 1. The van der Waals surface area contributed by atoms with Crippen LogP contribution in [0.15, 0.2) is 24.3 Å². The third kappa shape index (κ3) is 7.08. The first-order chi connectivity index (χ1) is 13.6. The van der Waals surface area contributed by atoms with Crippen molar-refractivity contribution in [3.8, 4) is 0 Å². The van der Waals surface area contributed by atoms with E-state index < -0.39 is 0 Å². The molecule has 1 N–H and O–H groups in total. The third-order valence-electron chi connectivity index (χ3n) is 6.21. The number of alkyl halides is 1. The van der Waals surface area contributed by atoms with Crippen LogP contribution in [0.2, 0.25) is 0 Å². The van der Waals surface area contributed by atoms with Gasteiger partial charge in [-0.05, 0) is 55.1 Å². The van der Waals surface area contributed by atoms with Gasteiger partial charge in [0.15, 0.2) is 0 Å². The standard InChI is InChI=1S/C24H37ClO3/c1-3-4-10-23(26)19-14-12-18(13-15-19)20-16-17-22(25)21(20)9-7-5-6-8-11-24(27)28-2/h12-15,20-23,26H,3-11,16-17H2,1-2H3/t20-,21-,22-,23?/m1/s1. The van der Waals surface area contributed by atoms with Crippen LogP contribution in [0.5, 0.6) is 0 Å². The van der Waals surface area contributed by atoms with E-state index in [1.807, 2.05) is 0 Å². The van der Waals surface area contributed by atoms with Crippen LogP contribution >= 0.6 is 11.6 Å². The number of unbranched alkanes of at least 4 members (excludes halogenated alkanes) is 4. The average Bonchev–Trinajstić information content (AvgIpc) is 3.09. The van der Waals surface area contributed by atoms with E-state index in [1.54, 1.807) is 0 Å². The summed E-state index contributed by atoms with van der Waals surface area (Å²) in [6.45, 7) is 2.15. The molecule has 1 saturated carbocycles. The van der Waals surface area contributed by atoms with E-state index in [-0.39, 0.29) is 17.5 Å². The van der Waals surface area contributed by atoms with Crippen LogP contribution in [0.25, 0.3) is 0 Å². The van der Waals surface area contributed by atoms with Crippen LogP contribution in [0.4, 0.5) is 0 Å². The summed E-state index contributed by atoms with van der Waals surface area (Å²) in [4.78, 5) is 11.2. The van der Waals surface area contributed by atoms with Gasteiger partial charge in [0, 0.05) is 11.8 Å². The second-order valence-electron chi connectivity index (χ2n) is 8.22. The zero-order chi connectivity index (χ0) is 20.4. The maximum absolute atomic E-state index is 11.2. The first-order valence-corrected chi connectivity index (χ1v) is 11.5. The molecule has 0 bridgehead atoms. The Morgan fingerprint density at radius 2 is 1.86 bits per heavy atom. The van der Waals surface area contributed by atoms with Gasteiger partial charge in [0.2, 0.25) is 0 Å². The molecule has 28 heavy (non-hydrogen) atoms. The first-order valence-electron chi connectivity index (χ1n) is 11.1. The smallest absolute Gasteiger partial charge is 0.305 e. The van der Waals surface area contributed by atoms with Gasteiger partial charge >= 0.3 is 5.97 Å². The summed E-state index contributed by atoms with van der Waals surface area (Å²) in [5.41, 5.74) is 2.39. The van der Waals surface area contributed by atoms with Gasteiger partial charge in [-0.2, -0.15) is 0 Å². The number of rotatable bonds is 12. The Balaban J connectivity index is 1.82. The van der Waals surface area contributed by atoms with E-state index in [0.29, 0.717) is 18.3 Å². The molecular formula is C24H37ClO3. The summed E-state index contributed by atoms with van der Waals surface area (Å²) >= 11 is 6.66. The largest absolute Gasteiger partial charge is 0.469 e. The summed E-state index contributed by atoms with van der Waals surface area (Å²) in [7, 11) is 1.45. The Kier molecular flexibility index (Phi) is 10.4. The fourth-order valence-corrected chi connectivity index (χ4v) is 4.88. The molecule has 1 fully saturated rings. The van der Waals surface area contributed by atoms with Crippen molar-refractivity contribution in [1.29, 1.82) is 0 Å². The van der Waals surface area contributed by atoms with Gasteiger partial charge in [-0.15, -0.1) is 11.6 Å². The molecule has 1 aliphatic rings. The minimum atomic E-state index is -0.348. The van der Waals surface area contributed by atoms with Crippen molar-refractivity contribution in [2.75, 3.05) is 7.11 Å². The van der Waals surface area contributed by atoms with Gasteiger partial charge in [0.25, 0.3) is 0 Å². The van der Waals surface area contributed by atoms with E-state index in [4.69, 9.17) is 11.6 Å². The molecule has 0 spiro atoms. The molecule has 1 unspecified atom stereocenters. The number of esters is 1. The molecule has 2 rings (SSSR count). The molecule has 3 nitrogen and oxygen atoms in total. The molecule has 4 heteroatoms. The zero-order valence-electron chi connectivity index (χ0n) is 17.5. The monoisotopic (exact) mass is 408 g/mol. The van der Waals surface area contributed by atoms with Crippen LogP contribution in [0, 0.1) is 5.92 Å². The Bertz CT molecular complexity index is 572. The normalized spacial score (nSPS) is 22.9. The molecule has 0 aliphatic heterocycles. The van der Waals surface area contributed by atoms with Crippen LogP contribution < -0.4 is 0 Å². The Labute approximate surface area is 175 Å². The minimum Gasteiger partial charge on any atom is -0.469 e. The maximum Gasteiger partial charge on any atom is 0.305 e. The highest BCUT2D eigenvalue weighted by atomic mass is 35.5. The third-order valence-corrected chi connectivity index (χ3v) is 6.75. The van der Waals surface area contributed by atoms with Crippen molar-refractivity contribution < 1.29 is 14.6 Å². The summed E-state index contributed by atoms with van der Waals surface area (Å²) in [6.07, 6.45) is 10.9. The Hall–Kier alpha value is -1.06. The Morgan fingerprint density at radius 1 is 1.14 bits per heavy atom. The van der Waals surface area contributed by atoms with Crippen LogP contribution in [-0.2, 0) is 9.53 Å². The average molecular weight is 409 g/mol. The van der Waals surface area contributed by atoms with Gasteiger partial charge in [0.05, 0.1) is 13.2 Å². The molecule has 0 radical (unpaired) electrons. The minimum absolute atomic E-state index is 0.111. The number of hydrogen-bond donors (Lipinski definition) is 1. The predicted molar refractivity (Wildman–Crippen MR) is 116 cm³/mol. The number of benzene rings is 1. The zero-order valence-corrected chi connectivity index (χ0v) is 18.3. The van der Waals surface area contributed by atoms with E-state index in [0.717, 1.165) is 63.4 Å². The molecular weight excluding hydrogens is 372 g/mol. The number of hydrogen-bond acceptors (Lipinski definition) is 3. The second-order valence-corrected chi connectivity index (χ2v) is 8.78. The lowest BCUT2D eigenvalue weighted by Gasteiger charge is -2.23. The SMILES string of the molecule is CCCCC(O)c1ccc([C@H]2CC[C@@H](Cl)[C@@H]2CCCCCCC(=O)OC)cc1. The second kappa shape index (κ2) is 12.5. The number of aliphatic hydroxyl groups excluding tert-OH is 1. The molecule has 1 aromatic carbocycles. The van der Waals surface area contributed by atoms with E-state index in [9.17, 15) is 9.90 Å². The number of halogens is 1. The summed E-state index contributed by atoms with van der Waals surface area (Å²) in [5.74, 6) is 0.942. The Morgan fingerprint density at radius 3 is 2.54 bits per heavy atom. The van der Waals surface area contributed by atoms with Crippen molar-refractivity contribution in [1.82, 2.24) is 0 Å². The van der Waals surface area contributed by atoms with Crippen LogP contribution in [0.3, 0.4) is 0 Å². The molecule has 0 aromatic heterocycles. The van der Waals surface area contributed by atoms with Crippen molar-refractivity contribution >= 4 is 17.6 Å². The lowest BCUT2D eigenvalue weighted by atomic mass is 9.84. The molecule has 0 heterocycles. The van der Waals surface area contributed by atoms with Crippen molar-refractivity contribution in [3.63, 3.8) is 0 Å². The van der Waals surface area contributed by atoms with E-state index in [1.165, 1.54) is 19.1 Å². The molecule has 1 aliphatic carbocycles. The molecule has 0 saturated heterocycles. The number of methoxy groups -OCH3 is 1. The number of aliphatic hydroxyl groups is 1. The van der Waals surface area contributed by atoms with Crippen molar-refractivity contribution in [2.24, 2.45) is 5.92 Å². The van der Waals surface area contributed by atoms with E-state index >= 15 is 0 Å². The molecule has 1 aromatic rings. The van der Waals surface area contributed by atoms with Gasteiger partial charge in [-0.3, -0.25) is 4.79 Å². The fourth-order valence-electron chi connectivity index (χ4n) is 4.45. The quantitative estimate of drug-likeness (QED) is 0.243. The summed E-state index contributed by atoms with van der Waals surface area (Å²) < 4.78 is 4.69. The van der Waals surface area contributed by atoms with Crippen LogP contribution in [0.1, 0.15) is 101 Å². The molecule has 4 atom stereocenters. The maximum atomic E-state index is 11.2. The molecule has 158 valence electrons. The van der Waals surface area contributed by atoms with Gasteiger partial charge < -0.3 is 9.84 Å². The fraction of sp³-hybridized carbons (Fsp3) is 0.708. The molecule has 0 amide bonds. The summed E-state index contributed by atoms with van der Waals surface area (Å²) in [5, 5.41) is 10.5. The lowest BCUT2D eigenvalue weighted by molar-refractivity contribution is -0.140. The van der Waals surface area contributed by atoms with Gasteiger partial charge in [-0.25, -0.2) is 0 Å². The highest BCUT2D eigenvalue weighted by Gasteiger charge is 2.35. The highest BCUT2D eigenvalue weighted by Crippen LogP contribution is 2.45. The summed E-state index contributed by atoms with van der Waals surface area (Å²) in [6, 6.07) is 8.60. The van der Waals surface area contributed by atoms with Crippen LogP contribution in [-0.4, -0.2) is 23.6 Å². The van der Waals surface area contributed by atoms with Gasteiger partial charge in [0.1, 0.15) is 0 Å².